The fourth-order valence-corrected chi connectivity index (χ4v) is 3.42. The number of nitrogens with zero attached hydrogens (tertiary/aromatic N) is 6. The van der Waals surface area contributed by atoms with E-state index in [1.54, 1.807) is 18.6 Å². The summed E-state index contributed by atoms with van der Waals surface area (Å²) in [5.41, 5.74) is 3.26. The Labute approximate surface area is 151 Å². The minimum atomic E-state index is -0.0688. The van der Waals surface area contributed by atoms with Crippen LogP contribution in [0.2, 0.25) is 0 Å². The fourth-order valence-electron chi connectivity index (χ4n) is 3.42. The topological polar surface area (TPSA) is 76.8 Å². The molecule has 3 aromatic rings. The van der Waals surface area contributed by atoms with Gasteiger partial charge in [0.2, 0.25) is 0 Å². The van der Waals surface area contributed by atoms with Crippen molar-refractivity contribution in [1.29, 1.82) is 0 Å². The Kier molecular flexibility index (Phi) is 4.20. The maximum absolute atomic E-state index is 12.7. The Morgan fingerprint density at radius 2 is 2.00 bits per heavy atom. The first kappa shape index (κ1) is 16.4. The Bertz CT molecular complexity index is 919. The number of pyridine rings is 1. The van der Waals surface area contributed by atoms with Gasteiger partial charge in [0.1, 0.15) is 11.5 Å². The molecule has 26 heavy (non-hydrogen) atoms. The van der Waals surface area contributed by atoms with Crippen LogP contribution in [-0.4, -0.2) is 48.4 Å². The molecule has 1 atom stereocenters. The van der Waals surface area contributed by atoms with E-state index in [4.69, 9.17) is 0 Å². The molecular weight excluding hydrogens is 328 g/mol. The third kappa shape index (κ3) is 2.96. The summed E-state index contributed by atoms with van der Waals surface area (Å²) in [4.78, 5) is 31.7. The molecule has 0 N–H and O–H groups in total. The van der Waals surface area contributed by atoms with E-state index in [-0.39, 0.29) is 11.9 Å². The first-order valence-corrected chi connectivity index (χ1v) is 8.65. The first-order chi connectivity index (χ1) is 12.6. The second kappa shape index (κ2) is 6.67. The highest BCUT2D eigenvalue weighted by atomic mass is 16.2. The molecule has 0 aromatic carbocycles. The van der Waals surface area contributed by atoms with Crippen LogP contribution in [0.4, 0.5) is 0 Å². The molecule has 1 saturated heterocycles. The van der Waals surface area contributed by atoms with Gasteiger partial charge in [-0.25, -0.2) is 9.97 Å². The zero-order chi connectivity index (χ0) is 18.1. The van der Waals surface area contributed by atoms with Crippen molar-refractivity contribution in [2.45, 2.75) is 26.3 Å². The lowest BCUT2D eigenvalue weighted by atomic mass is 10.2. The number of hydrogen-bond acceptors (Lipinski definition) is 5. The quantitative estimate of drug-likeness (QED) is 0.726. The summed E-state index contributed by atoms with van der Waals surface area (Å²) in [6, 6.07) is 4.10. The van der Waals surface area contributed by atoms with Crippen molar-refractivity contribution in [1.82, 2.24) is 29.4 Å². The standard InChI is InChI=1S/C19H20N6O/c1-13-8-22-17(11-21-13)19(26)24-7-5-16(12-24)25-14(2)9-23-18(25)15-4-3-6-20-10-15/h3-4,6,8-11,16H,5,7,12H2,1-2H3. The number of hydrogen-bond donors (Lipinski definition) is 0. The van der Waals surface area contributed by atoms with Gasteiger partial charge in [0.25, 0.3) is 5.91 Å². The number of likely N-dealkylation sites (tertiary alicyclic amines) is 1. The molecule has 1 aliphatic rings. The number of carbonyl (C=O) groups is 1. The summed E-state index contributed by atoms with van der Waals surface area (Å²) in [5.74, 6) is 0.825. The predicted octanol–water partition coefficient (Wildman–Crippen LogP) is 2.44. The number of rotatable bonds is 3. The Hall–Kier alpha value is -3.09. The second-order valence-electron chi connectivity index (χ2n) is 6.57. The van der Waals surface area contributed by atoms with E-state index in [1.165, 1.54) is 0 Å². The van der Waals surface area contributed by atoms with E-state index in [9.17, 15) is 4.79 Å². The number of imidazole rings is 1. The van der Waals surface area contributed by atoms with Crippen molar-refractivity contribution in [3.8, 4) is 11.4 Å². The zero-order valence-electron chi connectivity index (χ0n) is 14.8. The largest absolute Gasteiger partial charge is 0.335 e. The molecular formula is C19H20N6O. The van der Waals surface area contributed by atoms with E-state index in [2.05, 4.69) is 24.5 Å². The number of amides is 1. The van der Waals surface area contributed by atoms with Gasteiger partial charge < -0.3 is 9.47 Å². The SMILES string of the molecule is Cc1cnc(C(=O)N2CCC(n3c(C)cnc3-c3cccnc3)C2)cn1. The van der Waals surface area contributed by atoms with Crippen molar-refractivity contribution < 1.29 is 4.79 Å². The Balaban J connectivity index is 1.57. The van der Waals surface area contributed by atoms with Crippen LogP contribution in [0.1, 0.15) is 34.3 Å². The van der Waals surface area contributed by atoms with Crippen molar-refractivity contribution in [3.05, 3.63) is 60.2 Å². The average Bonchev–Trinajstić information content (AvgIpc) is 3.29. The van der Waals surface area contributed by atoms with Crippen molar-refractivity contribution >= 4 is 5.91 Å². The van der Waals surface area contributed by atoms with Gasteiger partial charge >= 0.3 is 0 Å². The predicted molar refractivity (Wildman–Crippen MR) is 96.5 cm³/mol. The zero-order valence-corrected chi connectivity index (χ0v) is 14.8. The summed E-state index contributed by atoms with van der Waals surface area (Å²) < 4.78 is 2.21. The van der Waals surface area contributed by atoms with E-state index in [0.717, 1.165) is 29.2 Å². The van der Waals surface area contributed by atoms with Gasteiger partial charge in [-0.3, -0.25) is 14.8 Å². The molecule has 1 unspecified atom stereocenters. The van der Waals surface area contributed by atoms with Gasteiger partial charge in [-0.2, -0.15) is 0 Å². The van der Waals surface area contributed by atoms with Crippen LogP contribution >= 0.6 is 0 Å². The molecule has 4 rings (SSSR count). The van der Waals surface area contributed by atoms with Gasteiger partial charge in [-0.15, -0.1) is 0 Å². The molecule has 7 heteroatoms. The van der Waals surface area contributed by atoms with E-state index in [1.807, 2.05) is 43.3 Å². The van der Waals surface area contributed by atoms with Crippen LogP contribution in [0.3, 0.4) is 0 Å². The molecule has 0 radical (unpaired) electrons. The maximum atomic E-state index is 12.7. The number of carbonyl (C=O) groups excluding carboxylic acids is 1. The fraction of sp³-hybridized carbons (Fsp3) is 0.316. The van der Waals surface area contributed by atoms with Crippen LogP contribution in [0, 0.1) is 13.8 Å². The molecule has 3 aromatic heterocycles. The molecule has 0 aliphatic carbocycles. The number of aromatic nitrogens is 5. The van der Waals surface area contributed by atoms with Gasteiger partial charge in [-0.1, -0.05) is 0 Å². The van der Waals surface area contributed by atoms with Gasteiger partial charge in [-0.05, 0) is 32.4 Å². The molecule has 132 valence electrons. The van der Waals surface area contributed by atoms with Gasteiger partial charge in [0, 0.05) is 49.1 Å². The monoisotopic (exact) mass is 348 g/mol. The molecule has 1 aliphatic heterocycles. The summed E-state index contributed by atoms with van der Waals surface area (Å²) in [5, 5.41) is 0. The van der Waals surface area contributed by atoms with E-state index < -0.39 is 0 Å². The van der Waals surface area contributed by atoms with Crippen LogP contribution in [0.5, 0.6) is 0 Å². The van der Waals surface area contributed by atoms with Crippen molar-refractivity contribution in [3.63, 3.8) is 0 Å². The van der Waals surface area contributed by atoms with Crippen molar-refractivity contribution in [2.75, 3.05) is 13.1 Å². The molecule has 0 bridgehead atoms. The highest BCUT2D eigenvalue weighted by Crippen LogP contribution is 2.29. The minimum Gasteiger partial charge on any atom is -0.335 e. The molecule has 1 fully saturated rings. The Morgan fingerprint density at radius 1 is 1.12 bits per heavy atom. The summed E-state index contributed by atoms with van der Waals surface area (Å²) >= 11 is 0. The highest BCUT2D eigenvalue weighted by Gasteiger charge is 2.31. The summed E-state index contributed by atoms with van der Waals surface area (Å²) in [7, 11) is 0. The lowest BCUT2D eigenvalue weighted by Crippen LogP contribution is -2.30. The average molecular weight is 348 g/mol. The van der Waals surface area contributed by atoms with Crippen LogP contribution in [-0.2, 0) is 0 Å². The van der Waals surface area contributed by atoms with Crippen LogP contribution in [0.15, 0.2) is 43.1 Å². The molecule has 4 heterocycles. The normalized spacial score (nSPS) is 16.8. The summed E-state index contributed by atoms with van der Waals surface area (Å²) in [6.45, 7) is 5.24. The molecule has 7 nitrogen and oxygen atoms in total. The minimum absolute atomic E-state index is 0.0688. The second-order valence-corrected chi connectivity index (χ2v) is 6.57. The third-order valence-electron chi connectivity index (χ3n) is 4.72. The maximum Gasteiger partial charge on any atom is 0.274 e. The number of aryl methyl sites for hydroxylation is 2. The van der Waals surface area contributed by atoms with Gasteiger partial charge in [0.15, 0.2) is 0 Å². The lowest BCUT2D eigenvalue weighted by Gasteiger charge is -2.19. The first-order valence-electron chi connectivity index (χ1n) is 8.65. The third-order valence-corrected chi connectivity index (χ3v) is 4.72. The van der Waals surface area contributed by atoms with Crippen molar-refractivity contribution in [2.24, 2.45) is 0 Å². The molecule has 0 saturated carbocycles. The smallest absolute Gasteiger partial charge is 0.274 e. The molecule has 0 spiro atoms. The Morgan fingerprint density at radius 3 is 2.73 bits per heavy atom. The van der Waals surface area contributed by atoms with Crippen LogP contribution < -0.4 is 0 Å². The van der Waals surface area contributed by atoms with Crippen LogP contribution in [0.25, 0.3) is 11.4 Å². The molecule has 1 amide bonds. The van der Waals surface area contributed by atoms with Gasteiger partial charge in [0.05, 0.1) is 17.9 Å². The summed E-state index contributed by atoms with van der Waals surface area (Å²) in [6.07, 6.45) is 9.50. The highest BCUT2D eigenvalue weighted by molar-refractivity contribution is 5.92. The van der Waals surface area contributed by atoms with E-state index >= 15 is 0 Å². The van der Waals surface area contributed by atoms with E-state index in [0.29, 0.717) is 18.8 Å². The lowest BCUT2D eigenvalue weighted by molar-refractivity contribution is 0.0781.